The first-order valence-corrected chi connectivity index (χ1v) is 5.51. The van der Waals surface area contributed by atoms with Crippen LogP contribution in [0, 0.1) is 0 Å². The van der Waals surface area contributed by atoms with Gasteiger partial charge in [0.25, 0.3) is 0 Å². The highest BCUT2D eigenvalue weighted by Gasteiger charge is 2.14. The zero-order valence-corrected chi connectivity index (χ0v) is 9.96. The van der Waals surface area contributed by atoms with Crippen molar-refractivity contribution in [2.24, 2.45) is 0 Å². The molecular weight excluding hydrogens is 230 g/mol. The van der Waals surface area contributed by atoms with Crippen LogP contribution in [0.4, 0.5) is 0 Å². The summed E-state index contributed by atoms with van der Waals surface area (Å²) >= 11 is 0. The lowest BCUT2D eigenvalue weighted by Gasteiger charge is -2.11. The molecule has 0 aliphatic rings. The summed E-state index contributed by atoms with van der Waals surface area (Å²) in [6.07, 6.45) is 1.45. The molecule has 1 heterocycles. The number of hydrogen-bond acceptors (Lipinski definition) is 3. The molecule has 0 unspecified atom stereocenters. The van der Waals surface area contributed by atoms with Gasteiger partial charge in [-0.2, -0.15) is 0 Å². The molecule has 4 nitrogen and oxygen atoms in total. The van der Waals surface area contributed by atoms with Gasteiger partial charge in [0, 0.05) is 11.8 Å². The Hall–Kier alpha value is -2.36. The first-order valence-electron chi connectivity index (χ1n) is 5.51. The minimum atomic E-state index is -0.925. The lowest BCUT2D eigenvalue weighted by atomic mass is 10.0. The Morgan fingerprint density at radius 3 is 2.61 bits per heavy atom. The predicted molar refractivity (Wildman–Crippen MR) is 67.6 cm³/mol. The number of rotatable bonds is 4. The summed E-state index contributed by atoms with van der Waals surface area (Å²) in [5, 5.41) is 8.85. The lowest BCUT2D eigenvalue weighted by Crippen LogP contribution is -2.05. The maximum Gasteiger partial charge on any atom is 0.309 e. The fraction of sp³-hybridized carbons (Fsp3) is 0.143. The molecule has 0 aliphatic heterocycles. The normalized spacial score (nSPS) is 10.1. The van der Waals surface area contributed by atoms with E-state index in [0.717, 1.165) is 11.1 Å². The second kappa shape index (κ2) is 5.31. The number of carboxylic acids is 1. The van der Waals surface area contributed by atoms with Crippen molar-refractivity contribution in [3.8, 4) is 16.9 Å². The van der Waals surface area contributed by atoms with Gasteiger partial charge in [0.15, 0.2) is 0 Å². The van der Waals surface area contributed by atoms with Gasteiger partial charge < -0.3 is 9.84 Å². The van der Waals surface area contributed by atoms with Crippen LogP contribution < -0.4 is 4.74 Å². The number of pyridine rings is 1. The number of aromatic nitrogens is 1. The number of benzene rings is 1. The van der Waals surface area contributed by atoms with Crippen LogP contribution in [0.3, 0.4) is 0 Å². The molecular formula is C14H13NO3. The van der Waals surface area contributed by atoms with Crippen LogP contribution in [0.5, 0.6) is 5.75 Å². The molecule has 1 aromatic carbocycles. The third-order valence-corrected chi connectivity index (χ3v) is 2.59. The highest BCUT2D eigenvalue weighted by atomic mass is 16.5. The van der Waals surface area contributed by atoms with Gasteiger partial charge in [0.05, 0.1) is 19.2 Å². The molecule has 0 saturated carbocycles. The summed E-state index contributed by atoms with van der Waals surface area (Å²) in [6.45, 7) is 0. The summed E-state index contributed by atoms with van der Waals surface area (Å²) in [6, 6.07) is 11.5. The molecule has 0 radical (unpaired) electrons. The summed E-state index contributed by atoms with van der Waals surface area (Å²) in [4.78, 5) is 14.9. The van der Waals surface area contributed by atoms with Crippen LogP contribution in [0.1, 0.15) is 5.69 Å². The maximum atomic E-state index is 10.8. The fourth-order valence-corrected chi connectivity index (χ4v) is 1.83. The first kappa shape index (κ1) is 12.1. The summed E-state index contributed by atoms with van der Waals surface area (Å²) in [5.41, 5.74) is 2.26. The van der Waals surface area contributed by atoms with Gasteiger partial charge in [-0.1, -0.05) is 30.3 Å². The van der Waals surface area contributed by atoms with Crippen molar-refractivity contribution in [1.82, 2.24) is 4.98 Å². The fourth-order valence-electron chi connectivity index (χ4n) is 1.83. The number of aliphatic carboxylic acids is 1. The van der Waals surface area contributed by atoms with Crippen molar-refractivity contribution >= 4 is 5.97 Å². The Labute approximate surface area is 105 Å². The molecule has 0 saturated heterocycles. The van der Waals surface area contributed by atoms with Crippen molar-refractivity contribution in [2.45, 2.75) is 6.42 Å². The van der Waals surface area contributed by atoms with E-state index in [0.29, 0.717) is 11.4 Å². The molecule has 92 valence electrons. The predicted octanol–water partition coefficient (Wildman–Crippen LogP) is 2.38. The van der Waals surface area contributed by atoms with E-state index in [2.05, 4.69) is 4.98 Å². The third kappa shape index (κ3) is 2.48. The number of hydrogen-bond donors (Lipinski definition) is 1. The monoisotopic (exact) mass is 243 g/mol. The van der Waals surface area contributed by atoms with E-state index in [-0.39, 0.29) is 6.42 Å². The topological polar surface area (TPSA) is 59.4 Å². The standard InChI is InChI=1S/C14H13NO3/c1-18-14-11(10-5-3-2-4-6-10)7-8-15-12(14)9-13(16)17/h2-8H,9H2,1H3,(H,16,17). The van der Waals surface area contributed by atoms with Crippen LogP contribution in [-0.4, -0.2) is 23.2 Å². The molecule has 18 heavy (non-hydrogen) atoms. The van der Waals surface area contributed by atoms with Crippen molar-refractivity contribution < 1.29 is 14.6 Å². The van der Waals surface area contributed by atoms with Crippen molar-refractivity contribution in [1.29, 1.82) is 0 Å². The molecule has 0 aliphatic carbocycles. The number of carboxylic acid groups (broad SMARTS) is 1. The highest BCUT2D eigenvalue weighted by molar-refractivity contribution is 5.75. The van der Waals surface area contributed by atoms with Gasteiger partial charge in [-0.3, -0.25) is 9.78 Å². The molecule has 0 fully saturated rings. The second-order valence-electron chi connectivity index (χ2n) is 3.77. The molecule has 0 spiro atoms. The molecule has 2 aromatic rings. The zero-order chi connectivity index (χ0) is 13.0. The Morgan fingerprint density at radius 1 is 1.28 bits per heavy atom. The van der Waals surface area contributed by atoms with E-state index in [4.69, 9.17) is 9.84 Å². The van der Waals surface area contributed by atoms with E-state index in [1.165, 1.54) is 7.11 Å². The van der Waals surface area contributed by atoms with Gasteiger partial charge in [-0.15, -0.1) is 0 Å². The number of ether oxygens (including phenoxy) is 1. The molecule has 0 atom stereocenters. The van der Waals surface area contributed by atoms with E-state index in [9.17, 15) is 4.79 Å². The number of carbonyl (C=O) groups is 1. The van der Waals surface area contributed by atoms with Crippen molar-refractivity contribution in [2.75, 3.05) is 7.11 Å². The van der Waals surface area contributed by atoms with Gasteiger partial charge in [0.2, 0.25) is 0 Å². The van der Waals surface area contributed by atoms with Gasteiger partial charge >= 0.3 is 5.97 Å². The van der Waals surface area contributed by atoms with Crippen LogP contribution >= 0.6 is 0 Å². The van der Waals surface area contributed by atoms with E-state index >= 15 is 0 Å². The van der Waals surface area contributed by atoms with E-state index in [1.807, 2.05) is 36.4 Å². The van der Waals surface area contributed by atoms with E-state index < -0.39 is 5.97 Å². The third-order valence-electron chi connectivity index (χ3n) is 2.59. The summed E-state index contributed by atoms with van der Waals surface area (Å²) in [5.74, 6) is -0.405. The molecule has 0 amide bonds. The van der Waals surface area contributed by atoms with Crippen LogP contribution in [-0.2, 0) is 11.2 Å². The number of methoxy groups -OCH3 is 1. The quantitative estimate of drug-likeness (QED) is 0.895. The van der Waals surface area contributed by atoms with Crippen molar-refractivity contribution in [3.05, 3.63) is 48.3 Å². The largest absolute Gasteiger partial charge is 0.494 e. The SMILES string of the molecule is COc1c(-c2ccccc2)ccnc1CC(=O)O. The number of nitrogens with zero attached hydrogens (tertiary/aromatic N) is 1. The molecule has 0 bridgehead atoms. The second-order valence-corrected chi connectivity index (χ2v) is 3.77. The summed E-state index contributed by atoms with van der Waals surface area (Å²) < 4.78 is 5.31. The van der Waals surface area contributed by atoms with Gasteiger partial charge in [0.1, 0.15) is 5.75 Å². The Balaban J connectivity index is 2.51. The van der Waals surface area contributed by atoms with Crippen LogP contribution in [0.15, 0.2) is 42.6 Å². The lowest BCUT2D eigenvalue weighted by molar-refractivity contribution is -0.136. The molecule has 1 N–H and O–H groups in total. The maximum absolute atomic E-state index is 10.8. The molecule has 2 rings (SSSR count). The summed E-state index contributed by atoms with van der Waals surface area (Å²) in [7, 11) is 1.52. The zero-order valence-electron chi connectivity index (χ0n) is 9.96. The van der Waals surface area contributed by atoms with Crippen molar-refractivity contribution in [3.63, 3.8) is 0 Å². The average Bonchev–Trinajstić information content (AvgIpc) is 2.39. The highest BCUT2D eigenvalue weighted by Crippen LogP contribution is 2.31. The first-order chi connectivity index (χ1) is 8.72. The van der Waals surface area contributed by atoms with Crippen LogP contribution in [0.2, 0.25) is 0 Å². The van der Waals surface area contributed by atoms with Gasteiger partial charge in [-0.25, -0.2) is 0 Å². The average molecular weight is 243 g/mol. The Bertz CT molecular complexity index is 552. The van der Waals surface area contributed by atoms with E-state index in [1.54, 1.807) is 6.20 Å². The Kier molecular flexibility index (Phi) is 3.57. The Morgan fingerprint density at radius 2 is 2.00 bits per heavy atom. The minimum absolute atomic E-state index is 0.149. The molecule has 4 heteroatoms. The smallest absolute Gasteiger partial charge is 0.309 e. The molecule has 1 aromatic heterocycles. The van der Waals surface area contributed by atoms with Crippen LogP contribution in [0.25, 0.3) is 11.1 Å². The minimum Gasteiger partial charge on any atom is -0.494 e. The van der Waals surface area contributed by atoms with Gasteiger partial charge in [-0.05, 0) is 11.6 Å².